The van der Waals surface area contributed by atoms with Gasteiger partial charge in [-0.25, -0.2) is 8.42 Å². The Balaban J connectivity index is 1.51. The maximum absolute atomic E-state index is 12.7. The summed E-state index contributed by atoms with van der Waals surface area (Å²) in [6.07, 6.45) is 0. The highest BCUT2D eigenvalue weighted by molar-refractivity contribution is 7.89. The molecule has 1 heterocycles. The van der Waals surface area contributed by atoms with Crippen molar-refractivity contribution in [3.05, 3.63) is 65.2 Å². The molecule has 0 aromatic heterocycles. The first-order chi connectivity index (χ1) is 14.9. The van der Waals surface area contributed by atoms with Gasteiger partial charge in [-0.15, -0.1) is 0 Å². The van der Waals surface area contributed by atoms with Crippen molar-refractivity contribution in [3.63, 3.8) is 0 Å². The van der Waals surface area contributed by atoms with Gasteiger partial charge in [0.05, 0.1) is 24.7 Å². The molecule has 0 radical (unpaired) electrons. The fourth-order valence-electron chi connectivity index (χ4n) is 3.52. The predicted molar refractivity (Wildman–Crippen MR) is 120 cm³/mol. The number of rotatable bonds is 9. The quantitative estimate of drug-likeness (QED) is 0.640. The van der Waals surface area contributed by atoms with Gasteiger partial charge in [-0.2, -0.15) is 4.31 Å². The van der Waals surface area contributed by atoms with E-state index < -0.39 is 10.0 Å². The normalized spacial score (nSPS) is 15.2. The van der Waals surface area contributed by atoms with E-state index in [2.05, 4.69) is 35.3 Å². The van der Waals surface area contributed by atoms with Crippen molar-refractivity contribution < 1.29 is 17.9 Å². The van der Waals surface area contributed by atoms with Gasteiger partial charge in [-0.1, -0.05) is 48.9 Å². The van der Waals surface area contributed by atoms with Crippen LogP contribution in [0.1, 0.15) is 23.6 Å². The molecule has 2 aromatic carbocycles. The van der Waals surface area contributed by atoms with Crippen LogP contribution in [0.2, 0.25) is 0 Å². The Labute approximate surface area is 185 Å². The molecule has 0 unspecified atom stereocenters. The van der Waals surface area contributed by atoms with Gasteiger partial charge in [0.2, 0.25) is 15.9 Å². The van der Waals surface area contributed by atoms with Crippen LogP contribution >= 0.6 is 0 Å². The minimum Gasteiger partial charge on any atom is -0.379 e. The first-order valence-corrected chi connectivity index (χ1v) is 12.0. The molecule has 0 atom stereocenters. The van der Waals surface area contributed by atoms with Crippen LogP contribution in [-0.2, 0) is 32.6 Å². The predicted octanol–water partition coefficient (Wildman–Crippen LogP) is 2.15. The molecule has 8 heteroatoms. The van der Waals surface area contributed by atoms with Crippen LogP contribution in [0, 0.1) is 6.92 Å². The minimum atomic E-state index is -3.50. The van der Waals surface area contributed by atoms with E-state index in [1.54, 1.807) is 24.3 Å². The third-order valence-corrected chi connectivity index (χ3v) is 7.24. The number of nitrogens with zero attached hydrogens (tertiary/aromatic N) is 2. The number of hydrogen-bond acceptors (Lipinski definition) is 5. The van der Waals surface area contributed by atoms with Crippen LogP contribution < -0.4 is 5.32 Å². The van der Waals surface area contributed by atoms with Crippen molar-refractivity contribution in [1.29, 1.82) is 0 Å². The summed E-state index contributed by atoms with van der Waals surface area (Å²) in [5, 5.41) is 2.93. The Morgan fingerprint density at radius 2 is 1.81 bits per heavy atom. The molecule has 1 aliphatic heterocycles. The Hall–Kier alpha value is -2.26. The molecular formula is C23H31N3O4S. The second kappa shape index (κ2) is 10.9. The number of likely N-dealkylation sites (N-methyl/N-ethyl adjacent to an activating group) is 1. The Bertz CT molecular complexity index is 971. The summed E-state index contributed by atoms with van der Waals surface area (Å²) >= 11 is 0. The molecule has 1 amide bonds. The molecule has 0 spiro atoms. The first kappa shape index (κ1) is 23.4. The molecule has 3 rings (SSSR count). The summed E-state index contributed by atoms with van der Waals surface area (Å²) in [4.78, 5) is 14.8. The van der Waals surface area contributed by atoms with Crippen LogP contribution in [-0.4, -0.2) is 62.9 Å². The Morgan fingerprint density at radius 3 is 2.45 bits per heavy atom. The van der Waals surface area contributed by atoms with Gasteiger partial charge in [0, 0.05) is 26.2 Å². The van der Waals surface area contributed by atoms with Crippen LogP contribution in [0.3, 0.4) is 0 Å². The van der Waals surface area contributed by atoms with Gasteiger partial charge in [0.15, 0.2) is 0 Å². The number of hydrogen-bond donors (Lipinski definition) is 1. The van der Waals surface area contributed by atoms with Crippen molar-refractivity contribution in [2.24, 2.45) is 0 Å². The lowest BCUT2D eigenvalue weighted by Gasteiger charge is -2.26. The number of carbonyl (C=O) groups is 1. The van der Waals surface area contributed by atoms with Crippen LogP contribution in [0.25, 0.3) is 0 Å². The van der Waals surface area contributed by atoms with Gasteiger partial charge < -0.3 is 10.1 Å². The second-order valence-corrected chi connectivity index (χ2v) is 9.67. The zero-order valence-electron chi connectivity index (χ0n) is 18.2. The van der Waals surface area contributed by atoms with Gasteiger partial charge in [0.25, 0.3) is 0 Å². The molecule has 1 saturated heterocycles. The van der Waals surface area contributed by atoms with E-state index in [0.29, 0.717) is 39.4 Å². The topological polar surface area (TPSA) is 79.0 Å². The van der Waals surface area contributed by atoms with Gasteiger partial charge in [-0.05, 0) is 36.7 Å². The van der Waals surface area contributed by atoms with E-state index in [9.17, 15) is 13.2 Å². The van der Waals surface area contributed by atoms with Crippen molar-refractivity contribution in [3.8, 4) is 0 Å². The van der Waals surface area contributed by atoms with E-state index >= 15 is 0 Å². The smallest absolute Gasteiger partial charge is 0.243 e. The summed E-state index contributed by atoms with van der Waals surface area (Å²) in [6.45, 7) is 7.85. The van der Waals surface area contributed by atoms with E-state index in [0.717, 1.165) is 18.7 Å². The number of benzene rings is 2. The lowest BCUT2D eigenvalue weighted by atomic mass is 10.1. The maximum atomic E-state index is 12.7. The minimum absolute atomic E-state index is 0.0560. The van der Waals surface area contributed by atoms with E-state index in [4.69, 9.17) is 4.74 Å². The third-order valence-electron chi connectivity index (χ3n) is 5.32. The highest BCUT2D eigenvalue weighted by atomic mass is 32.2. The van der Waals surface area contributed by atoms with E-state index in [1.807, 2.05) is 13.0 Å². The first-order valence-electron chi connectivity index (χ1n) is 10.6. The summed E-state index contributed by atoms with van der Waals surface area (Å²) in [5.41, 5.74) is 3.25. The lowest BCUT2D eigenvalue weighted by Crippen LogP contribution is -2.40. The summed E-state index contributed by atoms with van der Waals surface area (Å²) < 4.78 is 32.0. The average molecular weight is 446 g/mol. The SMILES string of the molecule is CCN(CC(=O)NCc1ccc(S(=O)(=O)N2CCOCC2)cc1)Cc1cccc(C)c1. The number of nitrogens with one attached hydrogen (secondary N) is 1. The lowest BCUT2D eigenvalue weighted by molar-refractivity contribution is -0.122. The van der Waals surface area contributed by atoms with Crippen LogP contribution in [0.5, 0.6) is 0 Å². The molecule has 0 bridgehead atoms. The van der Waals surface area contributed by atoms with Crippen molar-refractivity contribution >= 4 is 15.9 Å². The molecule has 7 nitrogen and oxygen atoms in total. The highest BCUT2D eigenvalue weighted by Gasteiger charge is 2.26. The molecule has 0 aliphatic carbocycles. The number of sulfonamides is 1. The van der Waals surface area contributed by atoms with E-state index in [1.165, 1.54) is 15.4 Å². The molecule has 168 valence electrons. The molecule has 0 saturated carbocycles. The van der Waals surface area contributed by atoms with Crippen molar-refractivity contribution in [2.45, 2.75) is 31.8 Å². The van der Waals surface area contributed by atoms with E-state index in [-0.39, 0.29) is 10.8 Å². The molecule has 2 aromatic rings. The molecule has 1 N–H and O–H groups in total. The zero-order chi connectivity index (χ0) is 22.3. The van der Waals surface area contributed by atoms with Crippen molar-refractivity contribution in [2.75, 3.05) is 39.4 Å². The van der Waals surface area contributed by atoms with Gasteiger partial charge >= 0.3 is 0 Å². The summed E-state index contributed by atoms with van der Waals surface area (Å²) in [7, 11) is -3.50. The molecule has 31 heavy (non-hydrogen) atoms. The molecular weight excluding hydrogens is 414 g/mol. The van der Waals surface area contributed by atoms with Gasteiger partial charge in [0.1, 0.15) is 0 Å². The standard InChI is InChI=1S/C23H31N3O4S/c1-3-25(17-21-6-4-5-19(2)15-21)18-23(27)24-16-20-7-9-22(10-8-20)31(28,29)26-11-13-30-14-12-26/h4-10,15H,3,11-14,16-18H2,1-2H3,(H,24,27). The third kappa shape index (κ3) is 6.61. The Kier molecular flexibility index (Phi) is 8.20. The largest absolute Gasteiger partial charge is 0.379 e. The maximum Gasteiger partial charge on any atom is 0.243 e. The molecule has 1 fully saturated rings. The number of amides is 1. The number of carbonyl (C=O) groups excluding carboxylic acids is 1. The number of aryl methyl sites for hydroxylation is 1. The summed E-state index contributed by atoms with van der Waals surface area (Å²) in [6, 6.07) is 15.0. The average Bonchev–Trinajstić information content (AvgIpc) is 2.78. The van der Waals surface area contributed by atoms with Crippen molar-refractivity contribution in [1.82, 2.24) is 14.5 Å². The van der Waals surface area contributed by atoms with Crippen LogP contribution in [0.15, 0.2) is 53.4 Å². The van der Waals surface area contributed by atoms with Crippen LogP contribution in [0.4, 0.5) is 0 Å². The number of ether oxygens (including phenoxy) is 1. The van der Waals surface area contributed by atoms with Gasteiger partial charge in [-0.3, -0.25) is 9.69 Å². The fraction of sp³-hybridized carbons (Fsp3) is 0.435. The number of morpholine rings is 1. The summed E-state index contributed by atoms with van der Waals surface area (Å²) in [5.74, 6) is -0.0560. The Morgan fingerprint density at radius 1 is 1.10 bits per heavy atom. The zero-order valence-corrected chi connectivity index (χ0v) is 19.0. The second-order valence-electron chi connectivity index (χ2n) is 7.73. The fourth-order valence-corrected chi connectivity index (χ4v) is 4.93. The monoisotopic (exact) mass is 445 g/mol. The molecule has 1 aliphatic rings. The highest BCUT2D eigenvalue weighted by Crippen LogP contribution is 2.17.